The molecule has 2 rings (SSSR count). The minimum Gasteiger partial charge on any atom is -0.306 e. The van der Waals surface area contributed by atoms with E-state index in [-0.39, 0.29) is 0 Å². The first-order chi connectivity index (χ1) is 5.24. The van der Waals surface area contributed by atoms with Crippen LogP contribution in [0.5, 0.6) is 0 Å². The van der Waals surface area contributed by atoms with E-state index in [1.165, 1.54) is 32.6 Å². The van der Waals surface area contributed by atoms with Gasteiger partial charge in [0, 0.05) is 26.2 Å². The van der Waals surface area contributed by atoms with Crippen molar-refractivity contribution < 1.29 is 0 Å². The van der Waals surface area contributed by atoms with Gasteiger partial charge in [-0.3, -0.25) is 4.31 Å². The van der Waals surface area contributed by atoms with Gasteiger partial charge in [-0.15, -0.1) is 0 Å². The number of fused-ring (bicyclic) bond motifs is 2. The van der Waals surface area contributed by atoms with Crippen LogP contribution in [0, 0.1) is 11.8 Å². The first-order valence-corrected chi connectivity index (χ1v) is 4.76. The Kier molecular flexibility index (Phi) is 2.12. The van der Waals surface area contributed by atoms with E-state index in [9.17, 15) is 0 Å². The van der Waals surface area contributed by atoms with Crippen molar-refractivity contribution in [3.63, 3.8) is 0 Å². The van der Waals surface area contributed by atoms with Gasteiger partial charge in [0.1, 0.15) is 0 Å². The molecule has 0 aromatic carbocycles. The summed E-state index contributed by atoms with van der Waals surface area (Å²) in [5.41, 5.74) is 0. The summed E-state index contributed by atoms with van der Waals surface area (Å²) in [4.78, 5) is 2.46. The van der Waals surface area contributed by atoms with Crippen molar-refractivity contribution in [2.75, 3.05) is 33.2 Å². The zero-order valence-corrected chi connectivity index (χ0v) is 7.93. The molecule has 2 bridgehead atoms. The van der Waals surface area contributed by atoms with Crippen LogP contribution >= 0.6 is 12.8 Å². The van der Waals surface area contributed by atoms with Crippen molar-refractivity contribution in [3.05, 3.63) is 0 Å². The zero-order chi connectivity index (χ0) is 7.84. The molecule has 0 saturated carbocycles. The molecule has 11 heavy (non-hydrogen) atoms. The van der Waals surface area contributed by atoms with Crippen LogP contribution < -0.4 is 0 Å². The molecular formula is C8H16N2S. The quantitative estimate of drug-likeness (QED) is 0.538. The molecule has 3 heteroatoms. The van der Waals surface area contributed by atoms with Crippen LogP contribution in [0.4, 0.5) is 0 Å². The molecule has 0 aliphatic carbocycles. The number of piperidine rings is 2. The molecule has 0 N–H and O–H groups in total. The molecule has 0 amide bonds. The second-order valence-electron chi connectivity index (χ2n) is 4.06. The first kappa shape index (κ1) is 7.90. The molecule has 0 aromatic rings. The highest BCUT2D eigenvalue weighted by Gasteiger charge is 2.31. The predicted molar refractivity (Wildman–Crippen MR) is 49.7 cm³/mol. The Hall–Kier alpha value is 0.270. The van der Waals surface area contributed by atoms with E-state index in [2.05, 4.69) is 29.1 Å². The molecule has 2 unspecified atom stereocenters. The fourth-order valence-corrected chi connectivity index (χ4v) is 2.97. The van der Waals surface area contributed by atoms with Crippen LogP contribution in [-0.2, 0) is 0 Å². The van der Waals surface area contributed by atoms with E-state index >= 15 is 0 Å². The Morgan fingerprint density at radius 1 is 1.09 bits per heavy atom. The van der Waals surface area contributed by atoms with Gasteiger partial charge in [0.05, 0.1) is 0 Å². The molecule has 2 heterocycles. The van der Waals surface area contributed by atoms with Crippen LogP contribution in [0.15, 0.2) is 0 Å². The monoisotopic (exact) mass is 172 g/mol. The highest BCUT2D eigenvalue weighted by Crippen LogP contribution is 2.28. The smallest absolute Gasteiger partial charge is 0.0128 e. The molecule has 2 nitrogen and oxygen atoms in total. The zero-order valence-electron chi connectivity index (χ0n) is 7.03. The molecule has 0 radical (unpaired) electrons. The Morgan fingerprint density at radius 3 is 2.18 bits per heavy atom. The molecule has 0 spiro atoms. The SMILES string of the molecule is CN1CC2CC(C1)CN(S)C2. The molecule has 2 aliphatic heterocycles. The summed E-state index contributed by atoms with van der Waals surface area (Å²) in [5.74, 6) is 1.76. The highest BCUT2D eigenvalue weighted by molar-refractivity contribution is 7.77. The third kappa shape index (κ3) is 1.71. The largest absolute Gasteiger partial charge is 0.306 e. The van der Waals surface area contributed by atoms with Crippen LogP contribution in [0.25, 0.3) is 0 Å². The first-order valence-electron chi connectivity index (χ1n) is 4.36. The van der Waals surface area contributed by atoms with Crippen molar-refractivity contribution in [2.45, 2.75) is 6.42 Å². The molecule has 2 saturated heterocycles. The van der Waals surface area contributed by atoms with E-state index in [0.29, 0.717) is 0 Å². The van der Waals surface area contributed by atoms with Gasteiger partial charge < -0.3 is 4.90 Å². The Labute approximate surface area is 74.1 Å². The summed E-state index contributed by atoms with van der Waals surface area (Å²) in [6.45, 7) is 4.91. The number of hydrogen-bond donors (Lipinski definition) is 1. The van der Waals surface area contributed by atoms with Crippen LogP contribution in [0.2, 0.25) is 0 Å². The number of thiol groups is 1. The van der Waals surface area contributed by atoms with E-state index < -0.39 is 0 Å². The van der Waals surface area contributed by atoms with Gasteiger partial charge >= 0.3 is 0 Å². The van der Waals surface area contributed by atoms with Gasteiger partial charge in [-0.1, -0.05) is 12.8 Å². The fourth-order valence-electron chi connectivity index (χ4n) is 2.51. The summed E-state index contributed by atoms with van der Waals surface area (Å²) in [6, 6.07) is 0. The fraction of sp³-hybridized carbons (Fsp3) is 1.00. The van der Waals surface area contributed by atoms with Crippen molar-refractivity contribution in [1.29, 1.82) is 0 Å². The van der Waals surface area contributed by atoms with Gasteiger partial charge in [0.2, 0.25) is 0 Å². The van der Waals surface area contributed by atoms with E-state index in [1.807, 2.05) is 0 Å². The topological polar surface area (TPSA) is 6.48 Å². The van der Waals surface area contributed by atoms with Gasteiger partial charge in [-0.2, -0.15) is 0 Å². The minimum absolute atomic E-state index is 0.880. The summed E-state index contributed by atoms with van der Waals surface area (Å²) >= 11 is 4.41. The number of nitrogens with zero attached hydrogens (tertiary/aromatic N) is 2. The van der Waals surface area contributed by atoms with Crippen molar-refractivity contribution in [1.82, 2.24) is 9.21 Å². The summed E-state index contributed by atoms with van der Waals surface area (Å²) < 4.78 is 2.19. The van der Waals surface area contributed by atoms with E-state index in [1.54, 1.807) is 0 Å². The number of hydrogen-bond acceptors (Lipinski definition) is 3. The molecule has 2 aliphatic rings. The van der Waals surface area contributed by atoms with Gasteiger partial charge in [0.25, 0.3) is 0 Å². The third-order valence-electron chi connectivity index (χ3n) is 2.74. The summed E-state index contributed by atoms with van der Waals surface area (Å²) in [5, 5.41) is 0. The Morgan fingerprint density at radius 2 is 1.64 bits per heavy atom. The number of likely N-dealkylation sites (tertiary alicyclic amines) is 1. The lowest BCUT2D eigenvalue weighted by molar-refractivity contribution is 0.0870. The van der Waals surface area contributed by atoms with Crippen molar-refractivity contribution in [3.8, 4) is 0 Å². The Balaban J connectivity index is 2.00. The van der Waals surface area contributed by atoms with Crippen LogP contribution in [0.1, 0.15) is 6.42 Å². The van der Waals surface area contributed by atoms with Gasteiger partial charge in [0.15, 0.2) is 0 Å². The molecular weight excluding hydrogens is 156 g/mol. The standard InChI is InChI=1S/C8H16N2S/c1-9-3-7-2-8(4-9)6-10(11)5-7/h7-8,11H,2-6H2,1H3. The average molecular weight is 172 g/mol. The lowest BCUT2D eigenvalue weighted by Gasteiger charge is -2.42. The normalized spacial score (nSPS) is 40.9. The molecule has 2 fully saturated rings. The molecule has 0 aromatic heterocycles. The highest BCUT2D eigenvalue weighted by atomic mass is 32.1. The van der Waals surface area contributed by atoms with Crippen molar-refractivity contribution >= 4 is 12.8 Å². The summed E-state index contributed by atoms with van der Waals surface area (Å²) in [6.07, 6.45) is 1.43. The summed E-state index contributed by atoms with van der Waals surface area (Å²) in [7, 11) is 2.23. The van der Waals surface area contributed by atoms with Gasteiger partial charge in [-0.25, -0.2) is 0 Å². The molecule has 64 valence electrons. The predicted octanol–water partition coefficient (Wildman–Crippen LogP) is 0.715. The number of rotatable bonds is 0. The molecule has 2 atom stereocenters. The van der Waals surface area contributed by atoms with E-state index in [0.717, 1.165) is 11.8 Å². The maximum Gasteiger partial charge on any atom is 0.0128 e. The van der Waals surface area contributed by atoms with E-state index in [4.69, 9.17) is 0 Å². The van der Waals surface area contributed by atoms with Gasteiger partial charge in [-0.05, 0) is 25.3 Å². The second kappa shape index (κ2) is 2.96. The maximum absolute atomic E-state index is 4.41. The maximum atomic E-state index is 4.41. The second-order valence-corrected chi connectivity index (χ2v) is 4.63. The lowest BCUT2D eigenvalue weighted by atomic mass is 9.86. The third-order valence-corrected chi connectivity index (χ3v) is 3.07. The van der Waals surface area contributed by atoms with Crippen molar-refractivity contribution in [2.24, 2.45) is 11.8 Å². The lowest BCUT2D eigenvalue weighted by Crippen LogP contribution is -2.48. The minimum atomic E-state index is 0.880. The van der Waals surface area contributed by atoms with Crippen LogP contribution in [0.3, 0.4) is 0 Å². The van der Waals surface area contributed by atoms with Crippen LogP contribution in [-0.4, -0.2) is 42.4 Å². The Bertz CT molecular complexity index is 118. The average Bonchev–Trinajstić information content (AvgIpc) is 1.82.